The lowest BCUT2D eigenvalue weighted by Gasteiger charge is -2.41. The maximum Gasteiger partial charge on any atom is 0.269 e. The Morgan fingerprint density at radius 3 is 1.04 bits per heavy atom. The molecule has 0 atom stereocenters. The molecule has 0 unspecified atom stereocenters. The molecule has 0 radical (unpaired) electrons. The standard InChI is InChI=1S/C33H40N2O2.C30H34FN3O2.C30H37N3O/c36-25-7-12-32(26-8-3-1-4-9-26)33(28-15-19-31(37)20-16-28)27-13-17-30(18-14-27)35-23-21-34(22-24-35)29-10-5-2-6-11-29;1-23(2)32-19-21-33(22-20-32)27-14-10-25(11-15-27)30(26-12-16-28(17-13-26)34(35)36)29(9-6-18-31)24-7-4-3-5-8-24;1-23(2)32-18-20-33(21-19-32)28-16-12-26(13-17-28)30(25-10-14-27(31)15-11-25)29(9-6-22-34)24-7-4-3-5-8-24/h1,3-4,8-9,13-20,29,36-37H,2,5-7,10-12,21-25H2;3-5,7-8,10-17,23H,6,9,18-22H2,1-2H3;3-5,7-8,10-17,23,34H,6,9,18-22,31H2,1-2H3/b33-32+;30-29+;30-29-. The smallest absolute Gasteiger partial charge is 0.269 e. The summed E-state index contributed by atoms with van der Waals surface area (Å²) >= 11 is 0. The van der Waals surface area contributed by atoms with Crippen molar-refractivity contribution in [3.05, 3.63) is 297 Å². The Morgan fingerprint density at radius 2 is 0.720 bits per heavy atom. The number of nitrogens with two attached hydrogens (primary N) is 1. The molecule has 4 aliphatic rings. The monoisotopic (exact) mass is 1440 g/mol. The molecular weight excluding hydrogens is 1330 g/mol. The van der Waals surface area contributed by atoms with Gasteiger partial charge in [-0.3, -0.25) is 29.2 Å². The van der Waals surface area contributed by atoms with Gasteiger partial charge in [-0.2, -0.15) is 0 Å². The number of rotatable bonds is 25. The van der Waals surface area contributed by atoms with Gasteiger partial charge in [0.15, 0.2) is 0 Å². The van der Waals surface area contributed by atoms with Crippen LogP contribution in [0.2, 0.25) is 0 Å². The molecule has 0 spiro atoms. The number of aliphatic hydroxyl groups is 2. The minimum Gasteiger partial charge on any atom is -0.508 e. The Labute approximate surface area is 635 Å². The normalized spacial score (nSPS) is 16.3. The lowest BCUT2D eigenvalue weighted by molar-refractivity contribution is -0.384. The molecule has 560 valence electrons. The molecule has 1 saturated carbocycles. The van der Waals surface area contributed by atoms with Gasteiger partial charge in [-0.15, -0.1) is 0 Å². The summed E-state index contributed by atoms with van der Waals surface area (Å²) in [5, 5.41) is 40.4. The zero-order valence-electron chi connectivity index (χ0n) is 63.4. The Kier molecular flexibility index (Phi) is 29.2. The van der Waals surface area contributed by atoms with Crippen molar-refractivity contribution in [1.29, 1.82) is 0 Å². The molecule has 0 bridgehead atoms. The number of piperazine rings is 3. The molecule has 9 aromatic carbocycles. The van der Waals surface area contributed by atoms with Crippen LogP contribution in [0.3, 0.4) is 0 Å². The molecule has 107 heavy (non-hydrogen) atoms. The first kappa shape index (κ1) is 78.4. The highest BCUT2D eigenvalue weighted by atomic mass is 19.1. The third kappa shape index (κ3) is 21.4. The van der Waals surface area contributed by atoms with Crippen LogP contribution in [-0.2, 0) is 0 Å². The van der Waals surface area contributed by atoms with E-state index in [0.29, 0.717) is 31.3 Å². The van der Waals surface area contributed by atoms with Gasteiger partial charge in [-0.25, -0.2) is 0 Å². The zero-order valence-corrected chi connectivity index (χ0v) is 63.4. The van der Waals surface area contributed by atoms with Gasteiger partial charge < -0.3 is 35.8 Å². The number of nitro groups is 1. The van der Waals surface area contributed by atoms with E-state index >= 15 is 0 Å². The van der Waals surface area contributed by atoms with Gasteiger partial charge in [-0.1, -0.05) is 171 Å². The van der Waals surface area contributed by atoms with E-state index < -0.39 is 6.67 Å². The third-order valence-corrected chi connectivity index (χ3v) is 21.8. The minimum absolute atomic E-state index is 0.0546. The Hall–Kier alpha value is -9.67. The zero-order chi connectivity index (χ0) is 74.9. The number of halogens is 1. The summed E-state index contributed by atoms with van der Waals surface area (Å²) in [6.45, 7) is 21.9. The number of allylic oxidation sites excluding steroid dienone is 3. The van der Waals surface area contributed by atoms with Crippen LogP contribution in [0.5, 0.6) is 5.75 Å². The second kappa shape index (κ2) is 39.8. The van der Waals surface area contributed by atoms with Crippen LogP contribution in [-0.4, -0.2) is 151 Å². The Bertz CT molecular complexity index is 4260. The predicted molar refractivity (Wildman–Crippen MR) is 445 cm³/mol. The topological polar surface area (TPSA) is 149 Å². The number of aliphatic hydroxyl groups excluding tert-OH is 2. The number of phenolic OH excluding ortho intramolecular Hbond substituents is 1. The lowest BCUT2D eigenvalue weighted by atomic mass is 9.87. The van der Waals surface area contributed by atoms with Crippen molar-refractivity contribution in [3.8, 4) is 5.75 Å². The van der Waals surface area contributed by atoms with Crippen LogP contribution in [0.4, 0.5) is 32.8 Å². The average Bonchev–Trinajstić information content (AvgIpc) is 0.804. The van der Waals surface area contributed by atoms with Crippen molar-refractivity contribution in [2.24, 2.45) is 0 Å². The fraction of sp³-hybridized carbons (Fsp3) is 0.355. The summed E-state index contributed by atoms with van der Waals surface area (Å²) in [4.78, 5) is 26.0. The van der Waals surface area contributed by atoms with E-state index in [1.807, 2.05) is 66.7 Å². The highest BCUT2D eigenvalue weighted by molar-refractivity contribution is 6.01. The van der Waals surface area contributed by atoms with E-state index in [9.17, 15) is 29.8 Å². The lowest BCUT2D eigenvalue weighted by Crippen LogP contribution is -2.50. The highest BCUT2D eigenvalue weighted by Crippen LogP contribution is 2.41. The molecule has 3 saturated heterocycles. The number of nitro benzene ring substituents is 1. The Balaban J connectivity index is 0.000000160. The fourth-order valence-corrected chi connectivity index (χ4v) is 15.8. The molecule has 1 aliphatic carbocycles. The van der Waals surface area contributed by atoms with Crippen LogP contribution < -0.4 is 20.4 Å². The summed E-state index contributed by atoms with van der Waals surface area (Å²) in [5.74, 6) is 0.266. The van der Waals surface area contributed by atoms with Gasteiger partial charge in [-0.05, 0) is 235 Å². The number of benzene rings is 9. The van der Waals surface area contributed by atoms with Gasteiger partial charge in [0.2, 0.25) is 0 Å². The number of nitrogens with zero attached hydrogens (tertiary/aromatic N) is 7. The molecule has 3 heterocycles. The molecule has 3 aliphatic heterocycles. The third-order valence-electron chi connectivity index (χ3n) is 21.8. The quantitative estimate of drug-likeness (QED) is 0.0187. The number of hydrogen-bond acceptors (Lipinski definition) is 12. The van der Waals surface area contributed by atoms with Crippen LogP contribution >= 0.6 is 0 Å². The fourth-order valence-electron chi connectivity index (χ4n) is 15.8. The van der Waals surface area contributed by atoms with E-state index in [4.69, 9.17) is 5.73 Å². The molecule has 14 heteroatoms. The van der Waals surface area contributed by atoms with Crippen molar-refractivity contribution in [2.45, 2.75) is 116 Å². The van der Waals surface area contributed by atoms with E-state index in [0.717, 1.165) is 160 Å². The highest BCUT2D eigenvalue weighted by Gasteiger charge is 2.27. The molecule has 9 aromatic rings. The number of non-ortho nitro benzene ring substituents is 1. The first-order valence-electron chi connectivity index (χ1n) is 39.1. The van der Waals surface area contributed by atoms with Crippen molar-refractivity contribution >= 4 is 61.9 Å². The van der Waals surface area contributed by atoms with Crippen LogP contribution in [0, 0.1) is 10.1 Å². The molecule has 4 fully saturated rings. The average molecular weight is 1440 g/mol. The molecule has 13 rings (SSSR count). The largest absolute Gasteiger partial charge is 0.508 e. The second-order valence-corrected chi connectivity index (χ2v) is 29.3. The number of nitrogen functional groups attached to an aromatic ring is 1. The van der Waals surface area contributed by atoms with Crippen LogP contribution in [0.25, 0.3) is 33.4 Å². The summed E-state index contributed by atoms with van der Waals surface area (Å²) in [7, 11) is 0. The Morgan fingerprint density at radius 1 is 0.411 bits per heavy atom. The van der Waals surface area contributed by atoms with Crippen molar-refractivity contribution in [3.63, 3.8) is 0 Å². The van der Waals surface area contributed by atoms with Crippen LogP contribution in [0.1, 0.15) is 148 Å². The van der Waals surface area contributed by atoms with Crippen molar-refractivity contribution in [2.75, 3.05) is 119 Å². The predicted octanol–water partition coefficient (Wildman–Crippen LogP) is 18.9. The maximum absolute atomic E-state index is 13.3. The molecule has 5 N–H and O–H groups in total. The summed E-state index contributed by atoms with van der Waals surface area (Å²) in [5.41, 5.74) is 27.3. The molecule has 13 nitrogen and oxygen atoms in total. The number of hydrogen-bond donors (Lipinski definition) is 4. The summed E-state index contributed by atoms with van der Waals surface area (Å²) in [6.07, 6.45) is 11.0. The second-order valence-electron chi connectivity index (χ2n) is 29.3. The summed E-state index contributed by atoms with van der Waals surface area (Å²) < 4.78 is 13.3. The van der Waals surface area contributed by atoms with Gasteiger partial charge in [0.25, 0.3) is 5.69 Å². The first-order valence-corrected chi connectivity index (χ1v) is 39.1. The van der Waals surface area contributed by atoms with E-state index in [1.165, 1.54) is 94.7 Å². The van der Waals surface area contributed by atoms with E-state index in [-0.39, 0.29) is 29.6 Å². The minimum atomic E-state index is -0.398. The van der Waals surface area contributed by atoms with Crippen molar-refractivity contribution < 1.29 is 24.6 Å². The van der Waals surface area contributed by atoms with Crippen molar-refractivity contribution in [1.82, 2.24) is 14.7 Å². The van der Waals surface area contributed by atoms with Gasteiger partial charge in [0.1, 0.15) is 5.75 Å². The van der Waals surface area contributed by atoms with Gasteiger partial charge >= 0.3 is 0 Å². The number of aromatic hydroxyl groups is 1. The number of phenols is 1. The maximum atomic E-state index is 13.3. The summed E-state index contributed by atoms with van der Waals surface area (Å²) in [6, 6.07) is 81.8. The molecule has 0 aromatic heterocycles. The van der Waals surface area contributed by atoms with E-state index in [2.05, 4.69) is 191 Å². The molecular formula is C93H111FN8O5. The molecule has 0 amide bonds. The number of anilines is 4. The SMILES string of the molecule is CC(C)N1CCN(c2ccc(/C(=C(/CCCF)c3ccccc3)c3ccc([N+](=O)[O-])cc3)cc2)CC1.CC(C)N1CCN(c2ccc(/C(=C(/CCCO)c3ccccc3)c3ccc(N)cc3)cc2)CC1.OCCC/C(=C(\c1ccc(O)cc1)c1ccc(N2CCN(C3CCCCC3)CC2)cc1)c1ccccc1. The van der Waals surface area contributed by atoms with Gasteiger partial charge in [0.05, 0.1) is 11.6 Å². The number of alkyl halides is 1. The van der Waals surface area contributed by atoms with Gasteiger partial charge in [0, 0.05) is 145 Å². The van der Waals surface area contributed by atoms with E-state index in [1.54, 1.807) is 24.3 Å². The van der Waals surface area contributed by atoms with Crippen LogP contribution in [0.15, 0.2) is 237 Å². The first-order chi connectivity index (χ1) is 52.3.